The highest BCUT2D eigenvalue weighted by Gasteiger charge is 2.35. The van der Waals surface area contributed by atoms with E-state index in [0.29, 0.717) is 0 Å². The first-order valence-electron chi connectivity index (χ1n) is 20.6. The Morgan fingerprint density at radius 3 is 1.92 bits per heavy atom. The summed E-state index contributed by atoms with van der Waals surface area (Å²) < 4.78 is 2.44. The number of aliphatic imine (C=N–C) groups is 1. The quantitative estimate of drug-likeness (QED) is 0.111. The number of rotatable bonds is 8. The van der Waals surface area contributed by atoms with Gasteiger partial charge >= 0.3 is 0 Å². The van der Waals surface area contributed by atoms with Crippen LogP contribution >= 0.6 is 11.8 Å². The summed E-state index contributed by atoms with van der Waals surface area (Å²) in [5.74, 6) is 0. The number of aromatic nitrogens is 1. The first-order chi connectivity index (χ1) is 28.8. The molecule has 0 unspecified atom stereocenters. The molecule has 0 bridgehead atoms. The number of hydrogen-bond acceptors (Lipinski definition) is 2. The van der Waals surface area contributed by atoms with Gasteiger partial charge in [0.2, 0.25) is 0 Å². The lowest BCUT2D eigenvalue weighted by atomic mass is 9.82. The summed E-state index contributed by atoms with van der Waals surface area (Å²) in [5, 5.41) is 5.95. The molecule has 0 spiro atoms. The molecule has 0 saturated carbocycles. The van der Waals surface area contributed by atoms with Crippen molar-refractivity contribution in [2.75, 3.05) is 6.26 Å². The number of thioether (sulfide) groups is 1. The molecule has 1 aliphatic rings. The van der Waals surface area contributed by atoms with Crippen LogP contribution in [0, 0.1) is 0 Å². The topological polar surface area (TPSA) is 17.3 Å². The molecule has 1 aliphatic carbocycles. The molecule has 0 amide bonds. The summed E-state index contributed by atoms with van der Waals surface area (Å²) in [7, 11) is 0. The van der Waals surface area contributed by atoms with Gasteiger partial charge < -0.3 is 4.57 Å². The second kappa shape index (κ2) is 14.8. The van der Waals surface area contributed by atoms with Gasteiger partial charge in [0.15, 0.2) is 0 Å². The Hall–Kier alpha value is -6.42. The van der Waals surface area contributed by atoms with Crippen LogP contribution in [-0.4, -0.2) is 15.9 Å². The van der Waals surface area contributed by atoms with Gasteiger partial charge in [-0.05, 0) is 115 Å². The van der Waals surface area contributed by atoms with E-state index in [2.05, 4.69) is 208 Å². The van der Waals surface area contributed by atoms with E-state index in [1.54, 1.807) is 11.8 Å². The average molecular weight is 779 g/mol. The molecular formula is C56H46N2S. The normalized spacial score (nSPS) is 13.3. The predicted octanol–water partition coefficient (Wildman–Crippen LogP) is 15.7. The van der Waals surface area contributed by atoms with Crippen molar-refractivity contribution in [3.05, 3.63) is 199 Å². The molecule has 2 nitrogen and oxygen atoms in total. The molecule has 0 saturated heterocycles. The molecule has 1 aromatic heterocycles. The maximum Gasteiger partial charge on any atom is 0.103 e. The van der Waals surface area contributed by atoms with Crippen molar-refractivity contribution in [1.82, 2.24) is 4.57 Å². The van der Waals surface area contributed by atoms with Crippen molar-refractivity contribution in [3.8, 4) is 50.2 Å². The van der Waals surface area contributed by atoms with E-state index in [9.17, 15) is 0 Å². The van der Waals surface area contributed by atoms with Gasteiger partial charge in [-0.1, -0.05) is 167 Å². The van der Waals surface area contributed by atoms with Gasteiger partial charge in [-0.3, -0.25) is 0 Å². The van der Waals surface area contributed by atoms with Gasteiger partial charge in [-0.2, -0.15) is 0 Å². The summed E-state index contributed by atoms with van der Waals surface area (Å²) in [5.41, 5.74) is 18.4. The highest BCUT2D eigenvalue weighted by molar-refractivity contribution is 8.13. The third kappa shape index (κ3) is 6.42. The van der Waals surface area contributed by atoms with Crippen LogP contribution in [0.4, 0.5) is 0 Å². The van der Waals surface area contributed by atoms with Crippen molar-refractivity contribution < 1.29 is 0 Å². The second-order valence-electron chi connectivity index (χ2n) is 16.4. The smallest absolute Gasteiger partial charge is 0.103 e. The van der Waals surface area contributed by atoms with Crippen molar-refractivity contribution in [2.45, 2.75) is 39.0 Å². The van der Waals surface area contributed by atoms with Gasteiger partial charge in [-0.25, -0.2) is 4.99 Å². The highest BCUT2D eigenvalue weighted by Crippen LogP contribution is 2.49. The molecule has 0 aliphatic heterocycles. The SMILES string of the molecule is C=C(CCC)N=C(SC)c1ccc(-c2ccc3c(c2)c2ccc(-c4ccc(-c5ccc6c(c5)-c5ccccc5C6(C)C)cc4)cc2n3-c2ccc3ccccc3c2)cc1. The lowest BCUT2D eigenvalue weighted by molar-refractivity contribution is 0.660. The van der Waals surface area contributed by atoms with Crippen molar-refractivity contribution in [3.63, 3.8) is 0 Å². The van der Waals surface area contributed by atoms with Crippen LogP contribution < -0.4 is 0 Å². The van der Waals surface area contributed by atoms with E-state index in [4.69, 9.17) is 4.99 Å². The minimum absolute atomic E-state index is 0.00711. The number of hydrogen-bond donors (Lipinski definition) is 0. The number of benzene rings is 8. The van der Waals surface area contributed by atoms with Crippen molar-refractivity contribution in [1.29, 1.82) is 0 Å². The summed E-state index contributed by atoms with van der Waals surface area (Å²) in [6.07, 6.45) is 4.04. The zero-order valence-corrected chi connectivity index (χ0v) is 34.9. The Labute approximate surface area is 351 Å². The molecule has 0 fully saturated rings. The predicted molar refractivity (Wildman–Crippen MR) is 256 cm³/mol. The van der Waals surface area contributed by atoms with E-state index >= 15 is 0 Å². The molecule has 0 atom stereocenters. The van der Waals surface area contributed by atoms with Gasteiger partial charge in [0.25, 0.3) is 0 Å². The molecule has 10 rings (SSSR count). The van der Waals surface area contributed by atoms with E-state index in [1.165, 1.54) is 88.2 Å². The Morgan fingerprint density at radius 2 is 1.17 bits per heavy atom. The summed E-state index contributed by atoms with van der Waals surface area (Å²) in [6, 6.07) is 63.1. The van der Waals surface area contributed by atoms with Crippen LogP contribution in [0.5, 0.6) is 0 Å². The molecule has 0 radical (unpaired) electrons. The second-order valence-corrected chi connectivity index (χ2v) is 17.1. The monoisotopic (exact) mass is 778 g/mol. The van der Waals surface area contributed by atoms with Gasteiger partial charge in [-0.15, -0.1) is 11.8 Å². The van der Waals surface area contributed by atoms with Gasteiger partial charge in [0.1, 0.15) is 5.04 Å². The van der Waals surface area contributed by atoms with Crippen molar-refractivity contribution >= 4 is 49.4 Å². The number of allylic oxidation sites excluding steroid dienone is 1. The van der Waals surface area contributed by atoms with Crippen LogP contribution in [0.2, 0.25) is 0 Å². The lowest BCUT2D eigenvalue weighted by Gasteiger charge is -2.21. The number of nitrogens with zero attached hydrogens (tertiary/aromatic N) is 2. The summed E-state index contributed by atoms with van der Waals surface area (Å²) >= 11 is 1.67. The zero-order valence-electron chi connectivity index (χ0n) is 34.1. The first-order valence-corrected chi connectivity index (χ1v) is 21.9. The Balaban J connectivity index is 1.05. The summed E-state index contributed by atoms with van der Waals surface area (Å²) in [6.45, 7) is 11.0. The fourth-order valence-electron chi connectivity index (χ4n) is 9.25. The van der Waals surface area contributed by atoms with E-state index in [-0.39, 0.29) is 5.41 Å². The minimum atomic E-state index is 0.00711. The summed E-state index contributed by atoms with van der Waals surface area (Å²) in [4.78, 5) is 4.83. The minimum Gasteiger partial charge on any atom is -0.309 e. The molecule has 59 heavy (non-hydrogen) atoms. The van der Waals surface area contributed by atoms with Crippen LogP contribution in [0.25, 0.3) is 82.8 Å². The standard InChI is InChI=1S/C56H46N2S/c1-6-11-36(2)57-55(59-5)41-22-20-39(21-23-41)44-27-31-53-50(34-44)48-29-25-45(35-54(48)58(53)46-28-24-37-12-7-8-13-42(37)32-46)40-18-16-38(17-19-40)43-26-30-52-49(33-43)47-14-9-10-15-51(47)56(52,3)4/h7-10,12-35H,2,6,11H2,1,3-5H3. The fraction of sp³-hybridized carbons (Fsp3) is 0.125. The highest BCUT2D eigenvalue weighted by atomic mass is 32.2. The number of fused-ring (bicyclic) bond motifs is 7. The lowest BCUT2D eigenvalue weighted by Crippen LogP contribution is -2.14. The molecular weight excluding hydrogens is 733 g/mol. The molecule has 8 aromatic carbocycles. The average Bonchev–Trinajstić information content (AvgIpc) is 3.72. The Morgan fingerprint density at radius 1 is 0.559 bits per heavy atom. The third-order valence-electron chi connectivity index (χ3n) is 12.3. The van der Waals surface area contributed by atoms with E-state index < -0.39 is 0 Å². The largest absolute Gasteiger partial charge is 0.309 e. The maximum atomic E-state index is 4.83. The van der Waals surface area contributed by atoms with E-state index in [1.807, 2.05) is 0 Å². The van der Waals surface area contributed by atoms with E-state index in [0.717, 1.165) is 34.8 Å². The molecule has 1 heterocycles. The zero-order chi connectivity index (χ0) is 40.3. The third-order valence-corrected chi connectivity index (χ3v) is 13.1. The molecule has 0 N–H and O–H groups in total. The molecule has 3 heteroatoms. The first kappa shape index (κ1) is 36.9. The Kier molecular flexibility index (Phi) is 9.22. The molecule has 286 valence electrons. The van der Waals surface area contributed by atoms with Crippen LogP contribution in [-0.2, 0) is 5.41 Å². The Bertz CT molecular complexity index is 3120. The molecule has 9 aromatic rings. The van der Waals surface area contributed by atoms with Crippen LogP contribution in [0.15, 0.2) is 187 Å². The van der Waals surface area contributed by atoms with Crippen LogP contribution in [0.3, 0.4) is 0 Å². The maximum absolute atomic E-state index is 4.83. The fourth-order valence-corrected chi connectivity index (χ4v) is 9.84. The van der Waals surface area contributed by atoms with Crippen molar-refractivity contribution in [2.24, 2.45) is 4.99 Å². The van der Waals surface area contributed by atoms with Gasteiger partial charge in [0, 0.05) is 33.1 Å². The van der Waals surface area contributed by atoms with Crippen LogP contribution in [0.1, 0.15) is 50.3 Å². The van der Waals surface area contributed by atoms with Gasteiger partial charge in [0.05, 0.1) is 11.0 Å².